The molecule has 19 heavy (non-hydrogen) atoms. The Bertz CT molecular complexity index is 665. The van der Waals surface area contributed by atoms with Crippen LogP contribution in [0.1, 0.15) is 13.8 Å². The number of sulfone groups is 1. The minimum Gasteiger partial charge on any atom is -0.382 e. The van der Waals surface area contributed by atoms with Crippen LogP contribution < -0.4 is 5.32 Å². The van der Waals surface area contributed by atoms with Crippen molar-refractivity contribution < 1.29 is 8.42 Å². The van der Waals surface area contributed by atoms with E-state index in [1.165, 1.54) is 5.39 Å². The summed E-state index contributed by atoms with van der Waals surface area (Å²) in [6, 6.07) is 14.1. The van der Waals surface area contributed by atoms with Gasteiger partial charge in [-0.05, 0) is 29.8 Å². The topological polar surface area (TPSA) is 46.2 Å². The zero-order valence-corrected chi connectivity index (χ0v) is 12.1. The highest BCUT2D eigenvalue weighted by Gasteiger charge is 2.13. The second-order valence-corrected chi connectivity index (χ2v) is 7.20. The lowest BCUT2D eigenvalue weighted by Crippen LogP contribution is -2.26. The van der Waals surface area contributed by atoms with Crippen molar-refractivity contribution in [3.05, 3.63) is 42.5 Å². The van der Waals surface area contributed by atoms with E-state index in [1.54, 1.807) is 6.92 Å². The zero-order valence-electron chi connectivity index (χ0n) is 11.3. The van der Waals surface area contributed by atoms with E-state index in [0.717, 1.165) is 11.1 Å². The molecule has 0 aliphatic rings. The summed E-state index contributed by atoms with van der Waals surface area (Å²) in [6.07, 6.45) is 0. The minimum absolute atomic E-state index is 0.0916. The minimum atomic E-state index is -2.94. The molecule has 1 unspecified atom stereocenters. The maximum atomic E-state index is 11.6. The summed E-state index contributed by atoms with van der Waals surface area (Å²) in [5.74, 6) is 0.354. The number of hydrogen-bond acceptors (Lipinski definition) is 3. The lowest BCUT2D eigenvalue weighted by atomic mass is 10.1. The molecule has 2 aromatic carbocycles. The number of anilines is 1. The van der Waals surface area contributed by atoms with Crippen LogP contribution in [0.15, 0.2) is 42.5 Å². The molecule has 3 nitrogen and oxygen atoms in total. The molecule has 1 N–H and O–H groups in total. The zero-order chi connectivity index (χ0) is 13.9. The molecule has 0 aliphatic heterocycles. The Morgan fingerprint density at radius 2 is 1.79 bits per heavy atom. The van der Waals surface area contributed by atoms with E-state index in [-0.39, 0.29) is 17.5 Å². The largest absolute Gasteiger partial charge is 0.382 e. The van der Waals surface area contributed by atoms with Gasteiger partial charge in [-0.3, -0.25) is 0 Å². The van der Waals surface area contributed by atoms with Crippen molar-refractivity contribution in [1.29, 1.82) is 0 Å². The molecule has 2 aromatic rings. The summed E-state index contributed by atoms with van der Waals surface area (Å²) >= 11 is 0. The Labute approximate surface area is 114 Å². The van der Waals surface area contributed by atoms with Crippen LogP contribution in [0.3, 0.4) is 0 Å². The summed E-state index contributed by atoms with van der Waals surface area (Å²) < 4.78 is 23.1. The summed E-state index contributed by atoms with van der Waals surface area (Å²) in [5.41, 5.74) is 0.956. The molecule has 0 saturated heterocycles. The van der Waals surface area contributed by atoms with Gasteiger partial charge in [-0.2, -0.15) is 0 Å². The Kier molecular flexibility index (Phi) is 4.10. The molecule has 0 fully saturated rings. The molecule has 0 radical (unpaired) electrons. The molecule has 0 amide bonds. The molecule has 4 heteroatoms. The average Bonchev–Trinajstić information content (AvgIpc) is 2.38. The standard InChI is InChI=1S/C15H19NO2S/c1-3-19(17,18)11-12(2)16-15-9-8-13-6-4-5-7-14(13)10-15/h4-10,12,16H,3,11H2,1-2H3. The van der Waals surface area contributed by atoms with Gasteiger partial charge in [0.1, 0.15) is 0 Å². The van der Waals surface area contributed by atoms with Crippen molar-refractivity contribution in [2.75, 3.05) is 16.8 Å². The van der Waals surface area contributed by atoms with Gasteiger partial charge in [0.25, 0.3) is 0 Å². The lowest BCUT2D eigenvalue weighted by molar-refractivity contribution is 0.593. The highest BCUT2D eigenvalue weighted by Crippen LogP contribution is 2.19. The summed E-state index contributed by atoms with van der Waals surface area (Å²) in [7, 11) is -2.94. The second-order valence-electron chi connectivity index (χ2n) is 4.81. The molecule has 2 rings (SSSR count). The van der Waals surface area contributed by atoms with Crippen molar-refractivity contribution in [2.45, 2.75) is 19.9 Å². The Hall–Kier alpha value is -1.55. The normalized spacial score (nSPS) is 13.4. The number of rotatable bonds is 5. The van der Waals surface area contributed by atoms with Crippen molar-refractivity contribution in [3.8, 4) is 0 Å². The van der Waals surface area contributed by atoms with E-state index >= 15 is 0 Å². The third-order valence-corrected chi connectivity index (χ3v) is 4.99. The molecular formula is C15H19NO2S. The Morgan fingerprint density at radius 1 is 1.11 bits per heavy atom. The Morgan fingerprint density at radius 3 is 2.47 bits per heavy atom. The van der Waals surface area contributed by atoms with Crippen LogP contribution in [0.2, 0.25) is 0 Å². The smallest absolute Gasteiger partial charge is 0.152 e. The van der Waals surface area contributed by atoms with Gasteiger partial charge in [0, 0.05) is 17.5 Å². The quantitative estimate of drug-likeness (QED) is 0.913. The van der Waals surface area contributed by atoms with Crippen molar-refractivity contribution in [1.82, 2.24) is 0 Å². The third-order valence-electron chi connectivity index (χ3n) is 3.11. The van der Waals surface area contributed by atoms with Gasteiger partial charge in [0.15, 0.2) is 9.84 Å². The highest BCUT2D eigenvalue weighted by atomic mass is 32.2. The summed E-state index contributed by atoms with van der Waals surface area (Å²) in [6.45, 7) is 3.57. The van der Waals surface area contributed by atoms with Crippen LogP contribution in [-0.4, -0.2) is 26.0 Å². The monoisotopic (exact) mass is 277 g/mol. The van der Waals surface area contributed by atoms with Gasteiger partial charge in [0.05, 0.1) is 5.75 Å². The van der Waals surface area contributed by atoms with Crippen molar-refractivity contribution in [2.24, 2.45) is 0 Å². The van der Waals surface area contributed by atoms with Gasteiger partial charge >= 0.3 is 0 Å². The molecule has 0 spiro atoms. The lowest BCUT2D eigenvalue weighted by Gasteiger charge is -2.15. The highest BCUT2D eigenvalue weighted by molar-refractivity contribution is 7.91. The van der Waals surface area contributed by atoms with Crippen molar-refractivity contribution in [3.63, 3.8) is 0 Å². The van der Waals surface area contributed by atoms with E-state index in [2.05, 4.69) is 11.4 Å². The molecule has 0 saturated carbocycles. The van der Waals surface area contributed by atoms with Crippen LogP contribution in [0, 0.1) is 0 Å². The predicted octanol–water partition coefficient (Wildman–Crippen LogP) is 3.07. The van der Waals surface area contributed by atoms with Crippen LogP contribution in [0.5, 0.6) is 0 Å². The first-order chi connectivity index (χ1) is 9.00. The van der Waals surface area contributed by atoms with Crippen LogP contribution in [-0.2, 0) is 9.84 Å². The average molecular weight is 277 g/mol. The number of hydrogen-bond donors (Lipinski definition) is 1. The molecule has 0 heterocycles. The summed E-state index contributed by atoms with van der Waals surface area (Å²) in [4.78, 5) is 0. The molecule has 0 aliphatic carbocycles. The fourth-order valence-corrected chi connectivity index (χ4v) is 3.18. The van der Waals surface area contributed by atoms with Gasteiger partial charge in [-0.15, -0.1) is 0 Å². The third kappa shape index (κ3) is 3.70. The first-order valence-corrected chi connectivity index (χ1v) is 8.28. The fourth-order valence-electron chi connectivity index (χ4n) is 2.10. The first-order valence-electron chi connectivity index (χ1n) is 6.46. The molecule has 0 aromatic heterocycles. The predicted molar refractivity (Wildman–Crippen MR) is 81.4 cm³/mol. The first kappa shape index (κ1) is 13.9. The van der Waals surface area contributed by atoms with Crippen molar-refractivity contribution >= 4 is 26.3 Å². The molecule has 1 atom stereocenters. The fraction of sp³-hybridized carbons (Fsp3) is 0.333. The van der Waals surface area contributed by atoms with E-state index in [1.807, 2.05) is 43.3 Å². The number of nitrogens with one attached hydrogen (secondary N) is 1. The van der Waals surface area contributed by atoms with Gasteiger partial charge < -0.3 is 5.32 Å². The Balaban J connectivity index is 2.13. The molecule has 102 valence electrons. The van der Waals surface area contributed by atoms with Crippen LogP contribution in [0.25, 0.3) is 10.8 Å². The SMILES string of the molecule is CCS(=O)(=O)CC(C)Nc1ccc2ccccc2c1. The van der Waals surface area contributed by atoms with Gasteiger partial charge in [0.2, 0.25) is 0 Å². The molecule has 0 bridgehead atoms. The van der Waals surface area contributed by atoms with E-state index < -0.39 is 9.84 Å². The second kappa shape index (κ2) is 5.61. The maximum absolute atomic E-state index is 11.6. The number of fused-ring (bicyclic) bond motifs is 1. The maximum Gasteiger partial charge on any atom is 0.152 e. The van der Waals surface area contributed by atoms with E-state index in [0.29, 0.717) is 0 Å². The summed E-state index contributed by atoms with van der Waals surface area (Å²) in [5, 5.41) is 5.58. The van der Waals surface area contributed by atoms with E-state index in [9.17, 15) is 8.42 Å². The van der Waals surface area contributed by atoms with Gasteiger partial charge in [-0.25, -0.2) is 8.42 Å². The van der Waals surface area contributed by atoms with Crippen LogP contribution in [0.4, 0.5) is 5.69 Å². The molecular weight excluding hydrogens is 258 g/mol. The van der Waals surface area contributed by atoms with Gasteiger partial charge in [-0.1, -0.05) is 37.3 Å². The van der Waals surface area contributed by atoms with Crippen LogP contribution >= 0.6 is 0 Å². The number of benzene rings is 2. The van der Waals surface area contributed by atoms with E-state index in [4.69, 9.17) is 0 Å².